The maximum atomic E-state index is 13.3. The van der Waals surface area contributed by atoms with Gasteiger partial charge in [0.15, 0.2) is 0 Å². The molecule has 4 aromatic carbocycles. The maximum absolute atomic E-state index is 13.3. The fourth-order valence-corrected chi connectivity index (χ4v) is 6.47. The number of methoxy groups -OCH3 is 1. The molecule has 1 aromatic heterocycles. The third-order valence-corrected chi connectivity index (χ3v) is 8.73. The highest BCUT2D eigenvalue weighted by Gasteiger charge is 2.42. The van der Waals surface area contributed by atoms with E-state index in [9.17, 15) is 5.11 Å². The van der Waals surface area contributed by atoms with Gasteiger partial charge in [0.2, 0.25) is 5.88 Å². The number of rotatable bonds is 10. The number of likely N-dealkylation sites (N-methyl/N-ethyl adjacent to an activating group) is 1. The minimum Gasteiger partial charge on any atom is -0.481 e. The van der Waals surface area contributed by atoms with Gasteiger partial charge in [-0.05, 0) is 85.0 Å². The van der Waals surface area contributed by atoms with E-state index in [0.29, 0.717) is 18.8 Å². The minimum absolute atomic E-state index is 0.426. The molecule has 1 N–H and O–H groups in total. The average molecular weight is 569 g/mol. The predicted octanol–water partition coefficient (Wildman–Crippen LogP) is 8.32. The molecule has 4 heteroatoms. The summed E-state index contributed by atoms with van der Waals surface area (Å²) in [5.41, 5.74) is 4.90. The molecule has 0 radical (unpaired) electrons. The van der Waals surface area contributed by atoms with Crippen molar-refractivity contribution in [1.82, 2.24) is 9.88 Å². The molecule has 0 aliphatic heterocycles. The van der Waals surface area contributed by atoms with Crippen molar-refractivity contribution < 1.29 is 9.84 Å². The first-order valence-corrected chi connectivity index (χ1v) is 15.2. The Morgan fingerprint density at radius 1 is 0.884 bits per heavy atom. The Labute approximate surface area is 255 Å². The molecule has 1 aliphatic rings. The maximum Gasteiger partial charge on any atom is 0.217 e. The van der Waals surface area contributed by atoms with E-state index in [-0.39, 0.29) is 0 Å². The van der Waals surface area contributed by atoms with Gasteiger partial charge in [0.1, 0.15) is 5.60 Å². The molecule has 4 nitrogen and oxygen atoms in total. The fraction of sp³-hybridized carbons (Fsp3) is 0.256. The zero-order valence-electron chi connectivity index (χ0n) is 25.3. The second kappa shape index (κ2) is 12.5. The van der Waals surface area contributed by atoms with Gasteiger partial charge in [-0.3, -0.25) is 0 Å². The van der Waals surface area contributed by atoms with Crippen LogP contribution in [0.5, 0.6) is 5.88 Å². The second-order valence-electron chi connectivity index (χ2n) is 11.9. The van der Waals surface area contributed by atoms with E-state index < -0.39 is 11.5 Å². The molecule has 0 fully saturated rings. The predicted molar refractivity (Wildman–Crippen MR) is 178 cm³/mol. The number of nitrogens with zero attached hydrogens (tertiary/aromatic N) is 2. The van der Waals surface area contributed by atoms with Crippen molar-refractivity contribution in [1.29, 1.82) is 0 Å². The molecule has 0 saturated heterocycles. The van der Waals surface area contributed by atoms with Crippen molar-refractivity contribution in [2.24, 2.45) is 0 Å². The summed E-state index contributed by atoms with van der Waals surface area (Å²) < 4.78 is 5.97. The highest BCUT2D eigenvalue weighted by molar-refractivity contribution is 5.84. The van der Waals surface area contributed by atoms with Gasteiger partial charge in [0, 0.05) is 30.0 Å². The summed E-state index contributed by atoms with van der Waals surface area (Å²) in [6.07, 6.45) is 9.52. The van der Waals surface area contributed by atoms with Crippen LogP contribution < -0.4 is 4.74 Å². The summed E-state index contributed by atoms with van der Waals surface area (Å²) in [6, 6.07) is 33.5. The lowest BCUT2D eigenvalue weighted by molar-refractivity contribution is 0.00295. The van der Waals surface area contributed by atoms with Crippen LogP contribution in [0.25, 0.3) is 21.7 Å². The van der Waals surface area contributed by atoms with Gasteiger partial charge in [-0.1, -0.05) is 96.6 Å². The molecule has 0 amide bonds. The van der Waals surface area contributed by atoms with Crippen molar-refractivity contribution in [3.8, 4) is 5.88 Å². The van der Waals surface area contributed by atoms with E-state index in [1.807, 2.05) is 24.3 Å². The molecule has 43 heavy (non-hydrogen) atoms. The summed E-state index contributed by atoms with van der Waals surface area (Å²) in [4.78, 5) is 7.27. The largest absolute Gasteiger partial charge is 0.481 e. The van der Waals surface area contributed by atoms with Gasteiger partial charge in [0.25, 0.3) is 0 Å². The summed E-state index contributed by atoms with van der Waals surface area (Å²) >= 11 is 0. The molecule has 2 atom stereocenters. The van der Waals surface area contributed by atoms with Crippen LogP contribution >= 0.6 is 0 Å². The first-order chi connectivity index (χ1) is 20.9. The molecule has 1 aliphatic carbocycles. The van der Waals surface area contributed by atoms with Crippen LogP contribution in [0.2, 0.25) is 0 Å². The Kier molecular flexibility index (Phi) is 8.42. The molecule has 6 rings (SSSR count). The standard InChI is InChI=1S/C39H40N2O2/c1-28-18-21-36-33(24-28)26-35(38(40-36)43-3)37(31-15-8-5-9-16-31)39(42,22-23-41(2)27-29-12-6-4-7-13-29)34-20-19-30-14-10-11-17-32(30)25-34/h5-6,8-21,24-26,37,42H,4,7,22-23,27H2,1-3H3. The van der Waals surface area contributed by atoms with Crippen LogP contribution in [0.1, 0.15) is 47.4 Å². The van der Waals surface area contributed by atoms with Gasteiger partial charge >= 0.3 is 0 Å². The van der Waals surface area contributed by atoms with Crippen molar-refractivity contribution in [3.05, 3.63) is 143 Å². The molecule has 0 spiro atoms. The quantitative estimate of drug-likeness (QED) is 0.184. The van der Waals surface area contributed by atoms with Gasteiger partial charge in [-0.15, -0.1) is 0 Å². The zero-order valence-corrected chi connectivity index (χ0v) is 25.3. The van der Waals surface area contributed by atoms with Gasteiger partial charge in [-0.25, -0.2) is 4.98 Å². The number of aliphatic hydroxyl groups is 1. The number of hydrogen-bond acceptors (Lipinski definition) is 4. The van der Waals surface area contributed by atoms with E-state index in [1.54, 1.807) is 7.11 Å². The Bertz CT molecular complexity index is 1790. The molecular weight excluding hydrogens is 528 g/mol. The van der Waals surface area contributed by atoms with Crippen LogP contribution in [-0.2, 0) is 5.60 Å². The summed E-state index contributed by atoms with van der Waals surface area (Å²) in [6.45, 7) is 3.65. The SMILES string of the molecule is COc1nc2ccc(C)cc2cc1C(c1ccccc1)C(O)(CCN(C)CC1=CCCC=C1)c1ccc2ccccc2c1. The summed E-state index contributed by atoms with van der Waals surface area (Å²) in [5, 5.41) is 16.6. The molecule has 5 aromatic rings. The molecule has 0 saturated carbocycles. The Morgan fingerprint density at radius 3 is 2.44 bits per heavy atom. The van der Waals surface area contributed by atoms with Crippen molar-refractivity contribution in [2.45, 2.75) is 37.7 Å². The Balaban J connectivity index is 1.52. The molecule has 2 unspecified atom stereocenters. The third-order valence-electron chi connectivity index (χ3n) is 8.73. The number of aryl methyl sites for hydroxylation is 1. The minimum atomic E-state index is -1.26. The van der Waals surface area contributed by atoms with Crippen LogP contribution in [-0.4, -0.2) is 42.2 Å². The third kappa shape index (κ3) is 6.13. The lowest BCUT2D eigenvalue weighted by atomic mass is 9.71. The van der Waals surface area contributed by atoms with Crippen LogP contribution in [0.3, 0.4) is 0 Å². The Hall–Kier alpha value is -4.25. The smallest absolute Gasteiger partial charge is 0.217 e. The van der Waals surface area contributed by atoms with E-state index in [2.05, 4.69) is 110 Å². The molecule has 0 bridgehead atoms. The lowest BCUT2D eigenvalue weighted by Crippen LogP contribution is -2.38. The van der Waals surface area contributed by atoms with Crippen LogP contribution in [0.4, 0.5) is 0 Å². The van der Waals surface area contributed by atoms with Crippen molar-refractivity contribution in [3.63, 3.8) is 0 Å². The van der Waals surface area contributed by atoms with Gasteiger partial charge in [0.05, 0.1) is 12.6 Å². The zero-order chi connectivity index (χ0) is 29.8. The fourth-order valence-electron chi connectivity index (χ4n) is 6.47. The topological polar surface area (TPSA) is 45.6 Å². The molecular formula is C39H40N2O2. The van der Waals surface area contributed by atoms with E-state index in [0.717, 1.165) is 57.8 Å². The summed E-state index contributed by atoms with van der Waals surface area (Å²) in [5.74, 6) is 0.111. The number of benzene rings is 4. The lowest BCUT2D eigenvalue weighted by Gasteiger charge is -2.39. The van der Waals surface area contributed by atoms with Crippen molar-refractivity contribution in [2.75, 3.05) is 27.2 Å². The van der Waals surface area contributed by atoms with Crippen LogP contribution in [0.15, 0.2) is 121 Å². The van der Waals surface area contributed by atoms with Crippen molar-refractivity contribution >= 4 is 21.7 Å². The van der Waals surface area contributed by atoms with E-state index in [4.69, 9.17) is 9.72 Å². The van der Waals surface area contributed by atoms with E-state index >= 15 is 0 Å². The number of hydrogen-bond donors (Lipinski definition) is 1. The Morgan fingerprint density at radius 2 is 1.67 bits per heavy atom. The number of aromatic nitrogens is 1. The highest BCUT2D eigenvalue weighted by Crippen LogP contribution is 2.48. The first kappa shape index (κ1) is 28.9. The number of pyridine rings is 1. The molecule has 218 valence electrons. The van der Waals surface area contributed by atoms with Gasteiger partial charge in [-0.2, -0.15) is 0 Å². The summed E-state index contributed by atoms with van der Waals surface area (Å²) in [7, 11) is 3.81. The normalized spacial score (nSPS) is 15.4. The average Bonchev–Trinajstić information content (AvgIpc) is 3.04. The number of fused-ring (bicyclic) bond motifs is 2. The number of ether oxygens (including phenoxy) is 1. The molecule has 1 heterocycles. The first-order valence-electron chi connectivity index (χ1n) is 15.2. The highest BCUT2D eigenvalue weighted by atomic mass is 16.5. The van der Waals surface area contributed by atoms with E-state index in [1.165, 1.54) is 11.1 Å². The second-order valence-corrected chi connectivity index (χ2v) is 11.9. The van der Waals surface area contributed by atoms with Crippen LogP contribution in [0, 0.1) is 6.92 Å². The van der Waals surface area contributed by atoms with Gasteiger partial charge < -0.3 is 14.7 Å². The monoisotopic (exact) mass is 568 g/mol. The number of allylic oxidation sites excluding steroid dienone is 2.